The van der Waals surface area contributed by atoms with Gasteiger partial charge in [-0.25, -0.2) is 0 Å². The second-order valence-electron chi connectivity index (χ2n) is 5.83. The highest BCUT2D eigenvalue weighted by atomic mass is 19.4. The van der Waals surface area contributed by atoms with Gasteiger partial charge in [-0.1, -0.05) is 25.9 Å². The summed E-state index contributed by atoms with van der Waals surface area (Å²) in [5.74, 6) is 0.783. The van der Waals surface area contributed by atoms with Crippen molar-refractivity contribution in [3.05, 3.63) is 35.7 Å². The molecule has 2 aromatic rings. The fourth-order valence-electron chi connectivity index (χ4n) is 1.72. The maximum atomic E-state index is 12.5. The standard InChI is InChI=1S/C14H15F3N2O/c1-13(2,3)8-11-18-12(20-19-11)9-4-6-10(7-5-9)14(15,16)17/h4-7H,8H2,1-3H3. The summed E-state index contributed by atoms with van der Waals surface area (Å²) < 4.78 is 42.5. The van der Waals surface area contributed by atoms with Crippen molar-refractivity contribution >= 4 is 0 Å². The number of aromatic nitrogens is 2. The normalized spacial score (nSPS) is 12.7. The molecule has 0 aliphatic rings. The van der Waals surface area contributed by atoms with Crippen LogP contribution in [0.4, 0.5) is 13.2 Å². The molecular formula is C14H15F3N2O. The van der Waals surface area contributed by atoms with Crippen LogP contribution in [0.25, 0.3) is 11.5 Å². The highest BCUT2D eigenvalue weighted by Crippen LogP contribution is 2.30. The molecule has 3 nitrogen and oxygen atoms in total. The Balaban J connectivity index is 2.20. The fraction of sp³-hybridized carbons (Fsp3) is 0.429. The van der Waals surface area contributed by atoms with Crippen molar-refractivity contribution in [3.8, 4) is 11.5 Å². The Hall–Kier alpha value is -1.85. The van der Waals surface area contributed by atoms with E-state index in [0.717, 1.165) is 12.1 Å². The van der Waals surface area contributed by atoms with E-state index >= 15 is 0 Å². The average molecular weight is 284 g/mol. The highest BCUT2D eigenvalue weighted by Gasteiger charge is 2.30. The Morgan fingerprint density at radius 1 is 1.05 bits per heavy atom. The average Bonchev–Trinajstić information content (AvgIpc) is 2.74. The lowest BCUT2D eigenvalue weighted by Crippen LogP contribution is -2.10. The van der Waals surface area contributed by atoms with E-state index in [4.69, 9.17) is 4.52 Å². The van der Waals surface area contributed by atoms with Gasteiger partial charge in [-0.3, -0.25) is 0 Å². The monoisotopic (exact) mass is 284 g/mol. The van der Waals surface area contributed by atoms with Crippen molar-refractivity contribution in [3.63, 3.8) is 0 Å². The number of alkyl halides is 3. The molecule has 0 atom stereocenters. The molecule has 2 rings (SSSR count). The van der Waals surface area contributed by atoms with Gasteiger partial charge in [0.05, 0.1) is 5.56 Å². The first kappa shape index (κ1) is 14.6. The van der Waals surface area contributed by atoms with Crippen molar-refractivity contribution in [2.45, 2.75) is 33.4 Å². The number of nitrogens with zero attached hydrogens (tertiary/aromatic N) is 2. The largest absolute Gasteiger partial charge is 0.416 e. The van der Waals surface area contributed by atoms with E-state index in [1.165, 1.54) is 12.1 Å². The molecule has 0 aliphatic heterocycles. The van der Waals surface area contributed by atoms with Gasteiger partial charge in [0, 0.05) is 12.0 Å². The molecule has 108 valence electrons. The van der Waals surface area contributed by atoms with Crippen LogP contribution in [0, 0.1) is 5.41 Å². The maximum absolute atomic E-state index is 12.5. The van der Waals surface area contributed by atoms with E-state index in [9.17, 15) is 13.2 Å². The van der Waals surface area contributed by atoms with Crippen molar-refractivity contribution in [1.29, 1.82) is 0 Å². The third kappa shape index (κ3) is 3.59. The minimum Gasteiger partial charge on any atom is -0.334 e. The number of hydrogen-bond donors (Lipinski definition) is 0. The molecule has 6 heteroatoms. The number of halogens is 3. The molecule has 0 spiro atoms. The third-order valence-electron chi connectivity index (χ3n) is 2.62. The molecule has 0 fully saturated rings. The zero-order chi connectivity index (χ0) is 15.0. The quantitative estimate of drug-likeness (QED) is 0.823. The summed E-state index contributed by atoms with van der Waals surface area (Å²) >= 11 is 0. The molecule has 1 aromatic heterocycles. The van der Waals surface area contributed by atoms with Crippen molar-refractivity contribution in [2.24, 2.45) is 5.41 Å². The fourth-order valence-corrected chi connectivity index (χ4v) is 1.72. The van der Waals surface area contributed by atoms with E-state index in [0.29, 0.717) is 17.8 Å². The van der Waals surface area contributed by atoms with E-state index in [1.807, 2.05) is 20.8 Å². The van der Waals surface area contributed by atoms with Crippen LogP contribution in [-0.4, -0.2) is 10.1 Å². The van der Waals surface area contributed by atoms with Gasteiger partial charge in [-0.15, -0.1) is 0 Å². The van der Waals surface area contributed by atoms with Crippen LogP contribution in [0.15, 0.2) is 28.8 Å². The first-order valence-corrected chi connectivity index (χ1v) is 6.15. The molecule has 0 amide bonds. The van der Waals surface area contributed by atoms with E-state index in [-0.39, 0.29) is 11.3 Å². The van der Waals surface area contributed by atoms with Gasteiger partial charge in [0.1, 0.15) is 0 Å². The molecular weight excluding hydrogens is 269 g/mol. The molecule has 1 aromatic carbocycles. The molecule has 0 radical (unpaired) electrons. The third-order valence-corrected chi connectivity index (χ3v) is 2.62. The van der Waals surface area contributed by atoms with E-state index < -0.39 is 11.7 Å². The first-order valence-electron chi connectivity index (χ1n) is 6.15. The molecule has 0 aliphatic carbocycles. The van der Waals surface area contributed by atoms with Crippen LogP contribution in [0.5, 0.6) is 0 Å². The Labute approximate surface area is 114 Å². The number of hydrogen-bond acceptors (Lipinski definition) is 3. The topological polar surface area (TPSA) is 38.9 Å². The lowest BCUT2D eigenvalue weighted by molar-refractivity contribution is -0.137. The first-order chi connectivity index (χ1) is 9.15. The van der Waals surface area contributed by atoms with Crippen LogP contribution >= 0.6 is 0 Å². The Morgan fingerprint density at radius 2 is 1.65 bits per heavy atom. The predicted octanol–water partition coefficient (Wildman–Crippen LogP) is 4.34. The van der Waals surface area contributed by atoms with Crippen molar-refractivity contribution < 1.29 is 17.7 Å². The van der Waals surface area contributed by atoms with Crippen LogP contribution in [0.2, 0.25) is 0 Å². The molecule has 0 unspecified atom stereocenters. The molecule has 0 saturated heterocycles. The molecule has 0 saturated carbocycles. The molecule has 1 heterocycles. The molecule has 0 N–H and O–H groups in total. The summed E-state index contributed by atoms with van der Waals surface area (Å²) in [7, 11) is 0. The lowest BCUT2D eigenvalue weighted by Gasteiger charge is -2.14. The van der Waals surface area contributed by atoms with Gasteiger partial charge in [-0.05, 0) is 29.7 Å². The Bertz CT molecular complexity index is 580. The minimum atomic E-state index is -4.34. The smallest absolute Gasteiger partial charge is 0.334 e. The van der Waals surface area contributed by atoms with Crippen LogP contribution in [0.1, 0.15) is 32.2 Å². The van der Waals surface area contributed by atoms with Crippen molar-refractivity contribution in [2.75, 3.05) is 0 Å². The Kier molecular flexibility index (Phi) is 3.58. The molecule has 0 bridgehead atoms. The SMILES string of the molecule is CC(C)(C)Cc1noc(-c2ccc(C(F)(F)F)cc2)n1. The van der Waals surface area contributed by atoms with Crippen LogP contribution < -0.4 is 0 Å². The second-order valence-corrected chi connectivity index (χ2v) is 5.83. The van der Waals surface area contributed by atoms with Gasteiger partial charge in [-0.2, -0.15) is 18.2 Å². The summed E-state index contributed by atoms with van der Waals surface area (Å²) in [5.41, 5.74) is -0.206. The van der Waals surface area contributed by atoms with Gasteiger partial charge in [0.15, 0.2) is 5.82 Å². The zero-order valence-electron chi connectivity index (χ0n) is 11.5. The van der Waals surface area contributed by atoms with Gasteiger partial charge in [0.2, 0.25) is 0 Å². The summed E-state index contributed by atoms with van der Waals surface area (Å²) in [5, 5.41) is 3.84. The van der Waals surface area contributed by atoms with Gasteiger partial charge >= 0.3 is 6.18 Å². The Morgan fingerprint density at radius 3 is 2.15 bits per heavy atom. The van der Waals surface area contributed by atoms with Gasteiger partial charge < -0.3 is 4.52 Å². The second kappa shape index (κ2) is 4.92. The molecule has 20 heavy (non-hydrogen) atoms. The summed E-state index contributed by atoms with van der Waals surface area (Å²) in [6.07, 6.45) is -3.71. The summed E-state index contributed by atoms with van der Waals surface area (Å²) in [6.45, 7) is 6.13. The minimum absolute atomic E-state index is 0.0152. The number of rotatable bonds is 2. The van der Waals surface area contributed by atoms with E-state index in [1.54, 1.807) is 0 Å². The number of benzene rings is 1. The summed E-state index contributed by atoms with van der Waals surface area (Å²) in [4.78, 5) is 4.20. The predicted molar refractivity (Wildman–Crippen MR) is 67.9 cm³/mol. The van der Waals surface area contributed by atoms with Crippen LogP contribution in [-0.2, 0) is 12.6 Å². The summed E-state index contributed by atoms with van der Waals surface area (Å²) in [6, 6.07) is 4.67. The lowest BCUT2D eigenvalue weighted by atomic mass is 9.92. The maximum Gasteiger partial charge on any atom is 0.416 e. The van der Waals surface area contributed by atoms with Crippen LogP contribution in [0.3, 0.4) is 0 Å². The van der Waals surface area contributed by atoms with E-state index in [2.05, 4.69) is 10.1 Å². The highest BCUT2D eigenvalue weighted by molar-refractivity contribution is 5.53. The van der Waals surface area contributed by atoms with Gasteiger partial charge in [0.25, 0.3) is 5.89 Å². The zero-order valence-corrected chi connectivity index (χ0v) is 11.5. The van der Waals surface area contributed by atoms with Crippen molar-refractivity contribution in [1.82, 2.24) is 10.1 Å².